The van der Waals surface area contributed by atoms with Gasteiger partial charge in [0.2, 0.25) is 5.91 Å². The number of likely N-dealkylation sites (N-methyl/N-ethyl adjacent to an activating group) is 1. The highest BCUT2D eigenvalue weighted by molar-refractivity contribution is 9.10. The second-order valence-corrected chi connectivity index (χ2v) is 7.29. The van der Waals surface area contributed by atoms with E-state index in [0.29, 0.717) is 16.3 Å². The largest absolute Gasteiger partial charge is 0.489 e. The minimum Gasteiger partial charge on any atom is -0.489 e. The molecule has 0 unspecified atom stereocenters. The molecule has 0 aromatic heterocycles. The molecule has 0 aliphatic heterocycles. The van der Waals surface area contributed by atoms with Gasteiger partial charge in [-0.2, -0.15) is 0 Å². The molecule has 7 heteroatoms. The van der Waals surface area contributed by atoms with Crippen LogP contribution in [-0.2, 0) is 4.79 Å². The van der Waals surface area contributed by atoms with Gasteiger partial charge in [-0.05, 0) is 51.1 Å². The number of rotatable bonds is 5. The van der Waals surface area contributed by atoms with E-state index in [1.54, 1.807) is 12.1 Å². The first-order valence-electron chi connectivity index (χ1n) is 8.40. The van der Waals surface area contributed by atoms with Gasteiger partial charge in [-0.3, -0.25) is 9.59 Å². The second kappa shape index (κ2) is 11.6. The van der Waals surface area contributed by atoms with Gasteiger partial charge >= 0.3 is 0 Å². The molecule has 2 aromatic rings. The van der Waals surface area contributed by atoms with Gasteiger partial charge in [0.25, 0.3) is 5.91 Å². The molecule has 27 heavy (non-hydrogen) atoms. The van der Waals surface area contributed by atoms with E-state index in [1.807, 2.05) is 26.0 Å². The Kier molecular flexibility index (Phi) is 9.89. The van der Waals surface area contributed by atoms with Crippen molar-refractivity contribution in [3.8, 4) is 5.75 Å². The third-order valence-corrected chi connectivity index (χ3v) is 4.08. The fourth-order valence-electron chi connectivity index (χ4n) is 1.88. The first-order chi connectivity index (χ1) is 12.7. The van der Waals surface area contributed by atoms with Crippen LogP contribution in [0, 0.1) is 6.92 Å². The Morgan fingerprint density at radius 3 is 2.26 bits per heavy atom. The average molecular weight is 456 g/mol. The molecule has 0 saturated carbocycles. The maximum Gasteiger partial charge on any atom is 0.251 e. The van der Waals surface area contributed by atoms with Gasteiger partial charge in [-0.1, -0.05) is 45.2 Å². The first-order valence-corrected chi connectivity index (χ1v) is 9.57. The molecule has 0 aliphatic carbocycles. The highest BCUT2D eigenvalue weighted by Gasteiger charge is 2.11. The molecule has 0 atom stereocenters. The number of halogens is 2. The van der Waals surface area contributed by atoms with Crippen molar-refractivity contribution in [3.63, 3.8) is 0 Å². The molecule has 0 saturated heterocycles. The van der Waals surface area contributed by atoms with Gasteiger partial charge in [-0.25, -0.2) is 0 Å². The molecule has 0 aliphatic rings. The molecule has 2 N–H and O–H groups in total. The minimum absolute atomic E-state index is 0.00502. The summed E-state index contributed by atoms with van der Waals surface area (Å²) in [6.07, 6.45) is 0.00502. The van der Waals surface area contributed by atoms with Gasteiger partial charge in [-0.15, -0.1) is 0 Å². The highest BCUT2D eigenvalue weighted by Crippen LogP contribution is 2.26. The summed E-state index contributed by atoms with van der Waals surface area (Å²) in [4.78, 5) is 22.8. The number of carbonyl (C=O) groups is 2. The van der Waals surface area contributed by atoms with Crippen molar-refractivity contribution in [1.82, 2.24) is 10.6 Å². The van der Waals surface area contributed by atoms with Crippen LogP contribution in [-0.4, -0.2) is 31.5 Å². The van der Waals surface area contributed by atoms with Crippen LogP contribution in [0.3, 0.4) is 0 Å². The van der Waals surface area contributed by atoms with Crippen LogP contribution in [0.5, 0.6) is 5.75 Å². The third kappa shape index (κ3) is 8.93. The maximum absolute atomic E-state index is 11.8. The zero-order valence-corrected chi connectivity index (χ0v) is 18.1. The molecule has 2 amide bonds. The van der Waals surface area contributed by atoms with E-state index in [2.05, 4.69) is 45.6 Å². The maximum atomic E-state index is 11.8. The summed E-state index contributed by atoms with van der Waals surface area (Å²) >= 11 is 9.37. The van der Waals surface area contributed by atoms with Gasteiger partial charge in [0.05, 0.1) is 17.7 Å². The Morgan fingerprint density at radius 2 is 1.78 bits per heavy atom. The summed E-state index contributed by atoms with van der Waals surface area (Å²) in [6, 6.07) is 13.0. The van der Waals surface area contributed by atoms with Crippen LogP contribution in [0.2, 0.25) is 5.02 Å². The number of aryl methyl sites for hydroxylation is 1. The Bertz CT molecular complexity index is 743. The summed E-state index contributed by atoms with van der Waals surface area (Å²) in [5.74, 6) is -0.0969. The van der Waals surface area contributed by atoms with Crippen molar-refractivity contribution in [2.45, 2.75) is 26.9 Å². The Balaban J connectivity index is 0.000000377. The van der Waals surface area contributed by atoms with Crippen LogP contribution in [0.25, 0.3) is 0 Å². The van der Waals surface area contributed by atoms with Crippen molar-refractivity contribution in [2.24, 2.45) is 0 Å². The van der Waals surface area contributed by atoms with Crippen molar-refractivity contribution < 1.29 is 14.3 Å². The van der Waals surface area contributed by atoms with Crippen LogP contribution < -0.4 is 15.4 Å². The predicted octanol–water partition coefficient (Wildman–Crippen LogP) is 4.36. The minimum atomic E-state index is -0.360. The number of benzene rings is 2. The van der Waals surface area contributed by atoms with E-state index < -0.39 is 0 Å². The molecule has 0 fully saturated rings. The van der Waals surface area contributed by atoms with E-state index in [0.717, 1.165) is 4.47 Å². The lowest BCUT2D eigenvalue weighted by atomic mass is 10.2. The number of hydrogen-bond donors (Lipinski definition) is 2. The van der Waals surface area contributed by atoms with E-state index in [-0.39, 0.29) is 24.5 Å². The Morgan fingerprint density at radius 1 is 1.15 bits per heavy atom. The number of nitrogens with one attached hydrogen (secondary N) is 2. The monoisotopic (exact) mass is 454 g/mol. The van der Waals surface area contributed by atoms with E-state index in [4.69, 9.17) is 16.3 Å². The van der Waals surface area contributed by atoms with Crippen LogP contribution >= 0.6 is 27.5 Å². The number of amides is 2. The molecule has 0 radical (unpaired) electrons. The lowest BCUT2D eigenvalue weighted by Crippen LogP contribution is -2.35. The summed E-state index contributed by atoms with van der Waals surface area (Å²) in [7, 11) is 1.50. The van der Waals surface area contributed by atoms with Gasteiger partial charge in [0, 0.05) is 17.1 Å². The lowest BCUT2D eigenvalue weighted by molar-refractivity contribution is -0.119. The standard InChI is InChI=1S/C13H17ClN2O3.C7H7Br/c1-8(2)19-11-5-4-9(6-10(11)14)13(18)16-7-12(17)15-3;1-6-2-4-7(8)5-3-6/h4-6,8H,7H2,1-3H3,(H,15,17)(H,16,18);2-5H,1H3. The van der Waals surface area contributed by atoms with Crippen LogP contribution in [0.1, 0.15) is 29.8 Å². The molecule has 5 nitrogen and oxygen atoms in total. The zero-order valence-electron chi connectivity index (χ0n) is 15.8. The predicted molar refractivity (Wildman–Crippen MR) is 112 cm³/mol. The zero-order chi connectivity index (χ0) is 20.4. The first kappa shape index (κ1) is 23.0. The fraction of sp³-hybridized carbons (Fsp3) is 0.300. The summed E-state index contributed by atoms with van der Waals surface area (Å²) < 4.78 is 6.61. The number of ether oxygens (including phenoxy) is 1. The quantitative estimate of drug-likeness (QED) is 0.704. The van der Waals surface area contributed by atoms with E-state index in [1.165, 1.54) is 18.7 Å². The van der Waals surface area contributed by atoms with Crippen LogP contribution in [0.15, 0.2) is 46.9 Å². The van der Waals surface area contributed by atoms with Crippen molar-refractivity contribution in [1.29, 1.82) is 0 Å². The summed E-state index contributed by atoms with van der Waals surface area (Å²) in [5, 5.41) is 5.26. The molecule has 0 heterocycles. The molecule has 2 rings (SSSR count). The third-order valence-electron chi connectivity index (χ3n) is 3.26. The van der Waals surface area contributed by atoms with Gasteiger partial charge in [0.15, 0.2) is 0 Å². The molecule has 2 aromatic carbocycles. The van der Waals surface area contributed by atoms with Crippen molar-refractivity contribution >= 4 is 39.3 Å². The van der Waals surface area contributed by atoms with Gasteiger partial charge in [0.1, 0.15) is 5.75 Å². The second-order valence-electron chi connectivity index (χ2n) is 5.96. The molecular weight excluding hydrogens is 432 g/mol. The van der Waals surface area contributed by atoms with Crippen molar-refractivity contribution in [2.75, 3.05) is 13.6 Å². The van der Waals surface area contributed by atoms with Crippen molar-refractivity contribution in [3.05, 3.63) is 63.1 Å². The number of hydrogen-bond acceptors (Lipinski definition) is 3. The van der Waals surface area contributed by atoms with Crippen LogP contribution in [0.4, 0.5) is 0 Å². The SMILES string of the molecule is CNC(=O)CNC(=O)c1ccc(OC(C)C)c(Cl)c1.Cc1ccc(Br)cc1. The molecule has 0 spiro atoms. The number of carbonyl (C=O) groups excluding carboxylic acids is 2. The summed E-state index contributed by atoms with van der Waals surface area (Å²) in [6.45, 7) is 5.78. The lowest BCUT2D eigenvalue weighted by Gasteiger charge is -2.12. The van der Waals surface area contributed by atoms with E-state index in [9.17, 15) is 9.59 Å². The Labute approximate surface area is 173 Å². The fourth-order valence-corrected chi connectivity index (χ4v) is 2.37. The van der Waals surface area contributed by atoms with E-state index >= 15 is 0 Å². The summed E-state index contributed by atoms with van der Waals surface area (Å²) in [5.41, 5.74) is 1.68. The molecule has 146 valence electrons. The Hall–Kier alpha value is -2.05. The van der Waals surface area contributed by atoms with Gasteiger partial charge < -0.3 is 15.4 Å². The average Bonchev–Trinajstić information content (AvgIpc) is 2.63. The smallest absolute Gasteiger partial charge is 0.251 e. The highest BCUT2D eigenvalue weighted by atomic mass is 79.9. The molecule has 0 bridgehead atoms. The normalized spacial score (nSPS) is 9.89. The molecular formula is C20H24BrClN2O3. The topological polar surface area (TPSA) is 67.4 Å².